The molecule has 4 aromatic heterocycles. The van der Waals surface area contributed by atoms with Gasteiger partial charge in [0.2, 0.25) is 0 Å². The van der Waals surface area contributed by atoms with E-state index in [4.69, 9.17) is 10.5 Å². The smallest absolute Gasteiger partial charge is 0.295 e. The Morgan fingerprint density at radius 1 is 1.11 bits per heavy atom. The number of rotatable bonds is 5. The molecule has 5 heterocycles. The zero-order valence-electron chi connectivity index (χ0n) is 19.5. The topological polar surface area (TPSA) is 150 Å². The van der Waals surface area contributed by atoms with E-state index in [9.17, 15) is 9.59 Å². The maximum Gasteiger partial charge on any atom is 0.295 e. The highest BCUT2D eigenvalue weighted by atomic mass is 16.5. The Hall–Kier alpha value is -5.00. The van der Waals surface area contributed by atoms with Crippen molar-refractivity contribution >= 4 is 28.4 Å². The quantitative estimate of drug-likeness (QED) is 0.284. The van der Waals surface area contributed by atoms with E-state index in [1.165, 1.54) is 35.4 Å². The lowest BCUT2D eigenvalue weighted by Crippen LogP contribution is -2.32. The summed E-state index contributed by atoms with van der Waals surface area (Å²) < 4.78 is 8.60. The molecule has 5 aromatic rings. The summed E-state index contributed by atoms with van der Waals surface area (Å²) >= 11 is 0. The van der Waals surface area contributed by atoms with E-state index in [0.717, 1.165) is 11.3 Å². The van der Waals surface area contributed by atoms with Crippen LogP contribution in [0.2, 0.25) is 0 Å². The maximum atomic E-state index is 13.4. The average Bonchev–Trinajstić information content (AvgIpc) is 3.68. The number of nitrogen functional groups attached to an aromatic ring is 1. The van der Waals surface area contributed by atoms with Crippen LogP contribution >= 0.6 is 0 Å². The number of ether oxygens (including phenoxy) is 1. The molecule has 12 heteroatoms. The molecule has 0 aliphatic carbocycles. The zero-order valence-corrected chi connectivity index (χ0v) is 19.5. The highest BCUT2D eigenvalue weighted by Gasteiger charge is 2.34. The number of carbonyl (C=O) groups excluding carboxylic acids is 2. The summed E-state index contributed by atoms with van der Waals surface area (Å²) in [6.07, 6.45) is 4.50. The zero-order chi connectivity index (χ0) is 25.0. The number of para-hydroxylation sites is 1. The van der Waals surface area contributed by atoms with Crippen LogP contribution in [-0.4, -0.2) is 58.2 Å². The van der Waals surface area contributed by atoms with Crippen LogP contribution in [0.1, 0.15) is 27.4 Å². The fourth-order valence-electron chi connectivity index (χ4n) is 4.47. The number of ketones is 1. The summed E-state index contributed by atoms with van der Waals surface area (Å²) in [6.45, 7) is 2.15. The number of H-pyrrole nitrogens is 1. The normalized spacial score (nSPS) is 12.8. The van der Waals surface area contributed by atoms with E-state index in [2.05, 4.69) is 25.1 Å². The third kappa shape index (κ3) is 3.22. The minimum absolute atomic E-state index is 0.180. The molecular weight excluding hydrogens is 462 g/mol. The van der Waals surface area contributed by atoms with E-state index in [0.29, 0.717) is 39.8 Å². The predicted octanol–water partition coefficient (Wildman–Crippen LogP) is 1.95. The SMILES string of the molecule is COc1cnc(-n2cnc(C)n2)c2[nH]cc(C(=O)C(=O)N3Cc4nn(-c5ccccc5)c(N)c4C3)c12. The lowest BCUT2D eigenvalue weighted by atomic mass is 10.1. The summed E-state index contributed by atoms with van der Waals surface area (Å²) in [5.74, 6) is 0.480. The van der Waals surface area contributed by atoms with Crippen molar-refractivity contribution in [1.29, 1.82) is 0 Å². The van der Waals surface area contributed by atoms with Gasteiger partial charge in [0.05, 0.1) is 54.2 Å². The number of nitrogens with zero attached hydrogens (tertiary/aromatic N) is 7. The van der Waals surface area contributed by atoms with E-state index in [1.807, 2.05) is 30.3 Å². The summed E-state index contributed by atoms with van der Waals surface area (Å²) in [5.41, 5.74) is 9.26. The van der Waals surface area contributed by atoms with E-state index in [1.54, 1.807) is 11.6 Å². The van der Waals surface area contributed by atoms with Crippen LogP contribution in [0.15, 0.2) is 49.1 Å². The van der Waals surface area contributed by atoms with Crippen LogP contribution in [0.4, 0.5) is 5.82 Å². The molecule has 6 rings (SSSR count). The number of Topliss-reactive ketones (excluding diaryl/α,β-unsaturated/α-hetero) is 1. The molecule has 3 N–H and O–H groups in total. The van der Waals surface area contributed by atoms with Gasteiger partial charge in [0.1, 0.15) is 23.7 Å². The summed E-state index contributed by atoms with van der Waals surface area (Å²) in [5, 5.41) is 9.31. The van der Waals surface area contributed by atoms with Crippen molar-refractivity contribution in [2.24, 2.45) is 0 Å². The highest BCUT2D eigenvalue weighted by Crippen LogP contribution is 2.33. The number of benzene rings is 1. The lowest BCUT2D eigenvalue weighted by molar-refractivity contribution is -0.127. The molecule has 0 saturated carbocycles. The van der Waals surface area contributed by atoms with Crippen molar-refractivity contribution in [2.45, 2.75) is 20.0 Å². The Kier molecular flexibility index (Phi) is 4.81. The molecule has 0 spiro atoms. The molecule has 0 saturated heterocycles. The average molecular weight is 483 g/mol. The highest BCUT2D eigenvalue weighted by molar-refractivity contribution is 6.45. The number of aryl methyl sites for hydroxylation is 1. The molecule has 0 radical (unpaired) electrons. The Balaban J connectivity index is 1.31. The van der Waals surface area contributed by atoms with Crippen LogP contribution in [-0.2, 0) is 17.9 Å². The van der Waals surface area contributed by atoms with Crippen molar-refractivity contribution < 1.29 is 14.3 Å². The van der Waals surface area contributed by atoms with E-state index in [-0.39, 0.29) is 18.7 Å². The number of pyridine rings is 1. The molecule has 0 fully saturated rings. The summed E-state index contributed by atoms with van der Waals surface area (Å²) in [7, 11) is 1.48. The molecular formula is C24H21N9O3. The largest absolute Gasteiger partial charge is 0.494 e. The van der Waals surface area contributed by atoms with Gasteiger partial charge < -0.3 is 20.4 Å². The number of fused-ring (bicyclic) bond motifs is 2. The van der Waals surface area contributed by atoms with Gasteiger partial charge in [-0.25, -0.2) is 19.3 Å². The first kappa shape index (κ1) is 21.5. The van der Waals surface area contributed by atoms with Gasteiger partial charge in [-0.15, -0.1) is 0 Å². The van der Waals surface area contributed by atoms with Crippen molar-refractivity contribution in [3.63, 3.8) is 0 Å². The van der Waals surface area contributed by atoms with Crippen molar-refractivity contribution in [1.82, 2.24) is 39.4 Å². The van der Waals surface area contributed by atoms with Crippen LogP contribution in [0.5, 0.6) is 5.75 Å². The second kappa shape index (κ2) is 8.05. The molecule has 36 heavy (non-hydrogen) atoms. The first-order valence-corrected chi connectivity index (χ1v) is 11.1. The second-order valence-corrected chi connectivity index (χ2v) is 8.39. The minimum Gasteiger partial charge on any atom is -0.494 e. The van der Waals surface area contributed by atoms with Gasteiger partial charge in [-0.3, -0.25) is 9.59 Å². The minimum atomic E-state index is -0.675. The lowest BCUT2D eigenvalue weighted by Gasteiger charge is -2.15. The third-order valence-electron chi connectivity index (χ3n) is 6.22. The number of anilines is 1. The second-order valence-electron chi connectivity index (χ2n) is 8.39. The monoisotopic (exact) mass is 483 g/mol. The number of hydrogen-bond donors (Lipinski definition) is 2. The Bertz CT molecular complexity index is 1650. The first-order chi connectivity index (χ1) is 17.5. The van der Waals surface area contributed by atoms with Crippen molar-refractivity contribution in [3.8, 4) is 17.3 Å². The summed E-state index contributed by atoms with van der Waals surface area (Å²) in [6, 6.07) is 9.51. The van der Waals surface area contributed by atoms with Gasteiger partial charge >= 0.3 is 0 Å². The van der Waals surface area contributed by atoms with Gasteiger partial charge in [0.15, 0.2) is 5.82 Å². The van der Waals surface area contributed by atoms with E-state index >= 15 is 0 Å². The number of carbonyl (C=O) groups is 2. The predicted molar refractivity (Wildman–Crippen MR) is 129 cm³/mol. The summed E-state index contributed by atoms with van der Waals surface area (Å²) in [4.78, 5) is 39.7. The first-order valence-electron chi connectivity index (χ1n) is 11.1. The molecule has 0 unspecified atom stereocenters. The molecule has 180 valence electrons. The van der Waals surface area contributed by atoms with Crippen LogP contribution < -0.4 is 10.5 Å². The number of hydrogen-bond acceptors (Lipinski definition) is 8. The number of methoxy groups -OCH3 is 1. The number of nitrogens with one attached hydrogen (secondary N) is 1. The molecule has 1 aromatic carbocycles. The molecule has 1 aliphatic heterocycles. The standard InChI is InChI=1S/C24H21N9O3/c1-13-28-12-32(29-13)23-20-19(18(36-2)9-27-23)15(8-26-20)21(34)24(35)31-10-16-17(11-31)30-33(22(16)25)14-6-4-3-5-7-14/h3-9,12,26H,10-11,25H2,1-2H3. The van der Waals surface area contributed by atoms with Crippen LogP contribution in [0, 0.1) is 6.92 Å². The third-order valence-corrected chi connectivity index (χ3v) is 6.22. The molecule has 0 atom stereocenters. The molecule has 1 aliphatic rings. The molecule has 0 bridgehead atoms. The van der Waals surface area contributed by atoms with Gasteiger partial charge in [0, 0.05) is 11.8 Å². The fraction of sp³-hybridized carbons (Fsp3) is 0.167. The molecule has 1 amide bonds. The Morgan fingerprint density at radius 3 is 2.61 bits per heavy atom. The fourth-order valence-corrected chi connectivity index (χ4v) is 4.47. The van der Waals surface area contributed by atoms with Gasteiger partial charge in [-0.2, -0.15) is 10.2 Å². The number of aromatic nitrogens is 7. The Labute approximate surface area is 204 Å². The number of amides is 1. The maximum absolute atomic E-state index is 13.4. The van der Waals surface area contributed by atoms with Gasteiger partial charge in [0.25, 0.3) is 11.7 Å². The number of nitrogens with two attached hydrogens (primary N) is 1. The van der Waals surface area contributed by atoms with E-state index < -0.39 is 11.7 Å². The van der Waals surface area contributed by atoms with Crippen molar-refractivity contribution in [3.05, 3.63) is 71.7 Å². The van der Waals surface area contributed by atoms with Gasteiger partial charge in [-0.1, -0.05) is 18.2 Å². The van der Waals surface area contributed by atoms with Crippen LogP contribution in [0.3, 0.4) is 0 Å². The van der Waals surface area contributed by atoms with Crippen molar-refractivity contribution in [2.75, 3.05) is 12.8 Å². The number of aromatic amines is 1. The van der Waals surface area contributed by atoms with Crippen LogP contribution in [0.25, 0.3) is 22.4 Å². The van der Waals surface area contributed by atoms with Gasteiger partial charge in [-0.05, 0) is 19.1 Å². The molecule has 12 nitrogen and oxygen atoms in total. The Morgan fingerprint density at radius 2 is 1.92 bits per heavy atom.